The third-order valence-electron chi connectivity index (χ3n) is 3.28. The lowest BCUT2D eigenvalue weighted by Crippen LogP contribution is -2.02. The maximum Gasteiger partial charge on any atom is 0.337 e. The summed E-state index contributed by atoms with van der Waals surface area (Å²) in [4.78, 5) is 23.1. The number of aromatic carboxylic acids is 1. The van der Waals surface area contributed by atoms with E-state index in [9.17, 15) is 9.59 Å². The van der Waals surface area contributed by atoms with Crippen LogP contribution in [0.1, 0.15) is 33.2 Å². The van der Waals surface area contributed by atoms with Gasteiger partial charge in [0, 0.05) is 17.8 Å². The zero-order chi connectivity index (χ0) is 15.9. The number of ketones is 1. The second-order valence-corrected chi connectivity index (χ2v) is 4.74. The molecular weight excluding hydrogens is 278 g/mol. The van der Waals surface area contributed by atoms with Crippen molar-refractivity contribution in [3.8, 4) is 0 Å². The second kappa shape index (κ2) is 7.22. The summed E-state index contributed by atoms with van der Waals surface area (Å²) in [6.07, 6.45) is 3.77. The highest BCUT2D eigenvalue weighted by Gasteiger charge is 2.07. The Morgan fingerprint density at radius 1 is 1.09 bits per heavy atom. The van der Waals surface area contributed by atoms with Crippen molar-refractivity contribution < 1.29 is 14.7 Å². The van der Waals surface area contributed by atoms with Crippen LogP contribution < -0.4 is 5.32 Å². The van der Waals surface area contributed by atoms with E-state index in [0.717, 1.165) is 6.42 Å². The number of carboxylic acids is 1. The Morgan fingerprint density at radius 2 is 1.77 bits per heavy atom. The van der Waals surface area contributed by atoms with Gasteiger partial charge in [-0.15, -0.1) is 0 Å². The highest BCUT2D eigenvalue weighted by molar-refractivity contribution is 6.04. The van der Waals surface area contributed by atoms with Crippen molar-refractivity contribution in [2.75, 3.05) is 5.32 Å². The maximum absolute atomic E-state index is 12.0. The smallest absolute Gasteiger partial charge is 0.337 e. The van der Waals surface area contributed by atoms with Crippen LogP contribution in [0.15, 0.2) is 60.8 Å². The quantitative estimate of drug-likeness (QED) is 0.629. The average molecular weight is 295 g/mol. The van der Waals surface area contributed by atoms with Crippen LogP contribution in [0.2, 0.25) is 0 Å². The molecule has 0 amide bonds. The average Bonchev–Trinajstić information content (AvgIpc) is 2.55. The van der Waals surface area contributed by atoms with Crippen molar-refractivity contribution in [3.05, 3.63) is 77.5 Å². The highest BCUT2D eigenvalue weighted by atomic mass is 16.4. The van der Waals surface area contributed by atoms with Crippen LogP contribution in [0.4, 0.5) is 5.69 Å². The van der Waals surface area contributed by atoms with E-state index in [1.54, 1.807) is 30.3 Å². The Morgan fingerprint density at radius 3 is 2.41 bits per heavy atom. The van der Waals surface area contributed by atoms with Crippen molar-refractivity contribution in [2.24, 2.45) is 0 Å². The van der Waals surface area contributed by atoms with Crippen LogP contribution >= 0.6 is 0 Å². The fraction of sp³-hybridized carbons (Fsp3) is 0.111. The SMILES string of the molecule is CCc1ccc(C(=O)/C=C\Nc2ccccc2C(=O)O)cc1. The summed E-state index contributed by atoms with van der Waals surface area (Å²) >= 11 is 0. The molecule has 22 heavy (non-hydrogen) atoms. The maximum atomic E-state index is 12.0. The molecule has 2 rings (SSSR count). The van der Waals surface area contributed by atoms with Crippen molar-refractivity contribution in [2.45, 2.75) is 13.3 Å². The van der Waals surface area contributed by atoms with Crippen molar-refractivity contribution in [1.82, 2.24) is 0 Å². The first-order valence-corrected chi connectivity index (χ1v) is 7.00. The number of hydrogen-bond acceptors (Lipinski definition) is 3. The van der Waals surface area contributed by atoms with Gasteiger partial charge in [-0.05, 0) is 24.1 Å². The van der Waals surface area contributed by atoms with Gasteiger partial charge in [-0.2, -0.15) is 0 Å². The van der Waals surface area contributed by atoms with Crippen molar-refractivity contribution in [1.29, 1.82) is 0 Å². The molecule has 0 fully saturated rings. The van der Waals surface area contributed by atoms with Gasteiger partial charge in [0.05, 0.1) is 11.3 Å². The monoisotopic (exact) mass is 295 g/mol. The molecule has 0 saturated carbocycles. The zero-order valence-electron chi connectivity index (χ0n) is 12.2. The highest BCUT2D eigenvalue weighted by Crippen LogP contribution is 2.15. The molecule has 4 nitrogen and oxygen atoms in total. The second-order valence-electron chi connectivity index (χ2n) is 4.74. The lowest BCUT2D eigenvalue weighted by atomic mass is 10.1. The molecule has 0 unspecified atom stereocenters. The van der Waals surface area contributed by atoms with E-state index in [1.165, 1.54) is 23.9 Å². The molecule has 0 aliphatic rings. The molecule has 2 aromatic rings. The third kappa shape index (κ3) is 3.82. The van der Waals surface area contributed by atoms with Crippen LogP contribution in [-0.2, 0) is 6.42 Å². The molecule has 0 aliphatic carbocycles. The summed E-state index contributed by atoms with van der Waals surface area (Å²) in [5.41, 5.74) is 2.38. The third-order valence-corrected chi connectivity index (χ3v) is 3.28. The van der Waals surface area contributed by atoms with Crippen molar-refractivity contribution in [3.63, 3.8) is 0 Å². The Hall–Kier alpha value is -2.88. The first-order chi connectivity index (χ1) is 10.6. The summed E-state index contributed by atoms with van der Waals surface area (Å²) in [7, 11) is 0. The Kier molecular flexibility index (Phi) is 5.09. The van der Waals surface area contributed by atoms with E-state index in [2.05, 4.69) is 12.2 Å². The van der Waals surface area contributed by atoms with E-state index in [1.807, 2.05) is 12.1 Å². The molecule has 4 heteroatoms. The number of benzene rings is 2. The number of hydrogen-bond donors (Lipinski definition) is 2. The topological polar surface area (TPSA) is 66.4 Å². The molecule has 0 aliphatic heterocycles. The minimum atomic E-state index is -1.02. The van der Waals surface area contributed by atoms with E-state index in [-0.39, 0.29) is 11.3 Å². The minimum absolute atomic E-state index is 0.136. The Labute approximate surface area is 129 Å². The summed E-state index contributed by atoms with van der Waals surface area (Å²) in [5.74, 6) is -1.15. The van der Waals surface area contributed by atoms with E-state index < -0.39 is 5.97 Å². The number of anilines is 1. The van der Waals surface area contributed by atoms with E-state index in [0.29, 0.717) is 11.3 Å². The summed E-state index contributed by atoms with van der Waals surface area (Å²) in [6, 6.07) is 14.0. The number of aryl methyl sites for hydroxylation is 1. The van der Waals surface area contributed by atoms with Gasteiger partial charge in [-0.1, -0.05) is 43.3 Å². The number of allylic oxidation sites excluding steroid dienone is 1. The number of rotatable bonds is 6. The van der Waals surface area contributed by atoms with Gasteiger partial charge in [0.25, 0.3) is 0 Å². The summed E-state index contributed by atoms with van der Waals surface area (Å²) < 4.78 is 0. The van der Waals surface area contributed by atoms with Gasteiger partial charge >= 0.3 is 5.97 Å². The molecule has 0 bridgehead atoms. The number of nitrogens with one attached hydrogen (secondary N) is 1. The summed E-state index contributed by atoms with van der Waals surface area (Å²) in [5, 5.41) is 11.9. The van der Waals surface area contributed by atoms with E-state index in [4.69, 9.17) is 5.11 Å². The molecule has 0 heterocycles. The molecule has 112 valence electrons. The fourth-order valence-corrected chi connectivity index (χ4v) is 2.00. The predicted octanol–water partition coefficient (Wildman–Crippen LogP) is 3.76. The molecule has 0 spiro atoms. The van der Waals surface area contributed by atoms with Crippen LogP contribution in [0, 0.1) is 0 Å². The Bertz CT molecular complexity index is 703. The molecular formula is C18H17NO3. The lowest BCUT2D eigenvalue weighted by molar-refractivity contribution is 0.0698. The molecule has 0 saturated heterocycles. The molecule has 0 radical (unpaired) electrons. The molecule has 0 atom stereocenters. The number of carbonyl (C=O) groups is 2. The van der Waals surface area contributed by atoms with Gasteiger partial charge in [0.15, 0.2) is 5.78 Å². The number of carbonyl (C=O) groups excluding carboxylic acids is 1. The first kappa shape index (κ1) is 15.5. The van der Waals surface area contributed by atoms with Crippen molar-refractivity contribution >= 4 is 17.4 Å². The van der Waals surface area contributed by atoms with Crippen LogP contribution in [0.5, 0.6) is 0 Å². The number of para-hydroxylation sites is 1. The molecule has 0 aromatic heterocycles. The van der Waals surface area contributed by atoms with Gasteiger partial charge < -0.3 is 10.4 Å². The van der Waals surface area contributed by atoms with Gasteiger partial charge in [0.1, 0.15) is 0 Å². The van der Waals surface area contributed by atoms with Gasteiger partial charge in [-0.25, -0.2) is 4.79 Å². The molecule has 2 aromatic carbocycles. The van der Waals surface area contributed by atoms with Gasteiger partial charge in [-0.3, -0.25) is 4.79 Å². The van der Waals surface area contributed by atoms with Gasteiger partial charge in [0.2, 0.25) is 0 Å². The minimum Gasteiger partial charge on any atom is -0.478 e. The normalized spacial score (nSPS) is 10.6. The first-order valence-electron chi connectivity index (χ1n) is 7.00. The molecule has 2 N–H and O–H groups in total. The van der Waals surface area contributed by atoms with Crippen LogP contribution in [0.3, 0.4) is 0 Å². The van der Waals surface area contributed by atoms with E-state index >= 15 is 0 Å². The zero-order valence-corrected chi connectivity index (χ0v) is 12.2. The summed E-state index contributed by atoms with van der Waals surface area (Å²) in [6.45, 7) is 2.06. The standard InChI is InChI=1S/C18H17NO3/c1-2-13-7-9-14(10-8-13)17(20)11-12-19-16-6-4-3-5-15(16)18(21)22/h3-12,19H,2H2,1H3,(H,21,22)/b12-11-. The van der Waals surface area contributed by atoms with Crippen LogP contribution in [0.25, 0.3) is 0 Å². The largest absolute Gasteiger partial charge is 0.478 e. The predicted molar refractivity (Wildman–Crippen MR) is 86.3 cm³/mol. The lowest BCUT2D eigenvalue weighted by Gasteiger charge is -2.04. The number of carboxylic acid groups (broad SMARTS) is 1. The fourth-order valence-electron chi connectivity index (χ4n) is 2.00. The Balaban J connectivity index is 2.06. The van der Waals surface area contributed by atoms with Crippen LogP contribution in [-0.4, -0.2) is 16.9 Å².